The molecule has 0 aromatic heterocycles. The van der Waals surface area contributed by atoms with Gasteiger partial charge in [-0.05, 0) is 38.6 Å². The lowest BCUT2D eigenvalue weighted by Gasteiger charge is -2.32. The lowest BCUT2D eigenvalue weighted by molar-refractivity contribution is -0.150. The van der Waals surface area contributed by atoms with E-state index in [0.29, 0.717) is 18.6 Å². The summed E-state index contributed by atoms with van der Waals surface area (Å²) in [5.41, 5.74) is 0. The maximum Gasteiger partial charge on any atom is 0.310 e. The van der Waals surface area contributed by atoms with Crippen molar-refractivity contribution in [3.8, 4) is 0 Å². The Hall–Kier alpha value is -0.570. The predicted octanol–water partition coefficient (Wildman–Crippen LogP) is 1.96. The number of piperidine rings is 1. The van der Waals surface area contributed by atoms with E-state index < -0.39 is 0 Å². The van der Waals surface area contributed by atoms with Crippen LogP contribution in [0, 0.1) is 11.8 Å². The maximum absolute atomic E-state index is 11.7. The summed E-state index contributed by atoms with van der Waals surface area (Å²) in [5, 5.41) is 3.44. The molecule has 0 saturated carbocycles. The molecule has 3 nitrogen and oxygen atoms in total. The molecule has 0 aromatic carbocycles. The Kier molecular flexibility index (Phi) is 5.09. The number of carbonyl (C=O) groups excluding carboxylic acids is 1. The van der Waals surface area contributed by atoms with Crippen LogP contribution < -0.4 is 5.32 Å². The van der Waals surface area contributed by atoms with Crippen molar-refractivity contribution in [1.82, 2.24) is 5.32 Å². The van der Waals surface area contributed by atoms with Gasteiger partial charge in [0.2, 0.25) is 0 Å². The first kappa shape index (κ1) is 12.5. The van der Waals surface area contributed by atoms with Crippen molar-refractivity contribution < 1.29 is 9.53 Å². The van der Waals surface area contributed by atoms with Crippen LogP contribution in [0.15, 0.2) is 0 Å². The van der Waals surface area contributed by atoms with Crippen molar-refractivity contribution in [1.29, 1.82) is 0 Å². The number of nitrogens with one attached hydrogen (secondary N) is 1. The fourth-order valence-electron chi connectivity index (χ4n) is 2.24. The Labute approximate surface area is 92.6 Å². The number of carbonyl (C=O) groups is 1. The van der Waals surface area contributed by atoms with E-state index in [9.17, 15) is 4.79 Å². The molecule has 0 aliphatic carbocycles. The van der Waals surface area contributed by atoms with Crippen molar-refractivity contribution in [2.24, 2.45) is 11.8 Å². The van der Waals surface area contributed by atoms with E-state index in [1.807, 2.05) is 6.92 Å². The number of hydrogen-bond acceptors (Lipinski definition) is 3. The molecule has 2 atom stereocenters. The van der Waals surface area contributed by atoms with Gasteiger partial charge in [-0.3, -0.25) is 4.79 Å². The van der Waals surface area contributed by atoms with Crippen LogP contribution in [0.3, 0.4) is 0 Å². The third-order valence-electron chi connectivity index (χ3n) is 2.90. The molecule has 0 aromatic rings. The minimum atomic E-state index is -0.0182. The number of ether oxygens (including phenoxy) is 1. The smallest absolute Gasteiger partial charge is 0.310 e. The quantitative estimate of drug-likeness (QED) is 0.726. The summed E-state index contributed by atoms with van der Waals surface area (Å²) in [6, 6.07) is 0.317. The zero-order valence-electron chi connectivity index (χ0n) is 10.1. The molecule has 0 bridgehead atoms. The lowest BCUT2D eigenvalue weighted by atomic mass is 9.86. The first-order valence-corrected chi connectivity index (χ1v) is 6.05. The second-order valence-corrected chi connectivity index (χ2v) is 4.69. The average molecular weight is 213 g/mol. The Balaban J connectivity index is 2.52. The minimum Gasteiger partial charge on any atom is -0.466 e. The highest BCUT2D eigenvalue weighted by atomic mass is 16.5. The molecular weight excluding hydrogens is 190 g/mol. The molecule has 1 fully saturated rings. The maximum atomic E-state index is 11.7. The van der Waals surface area contributed by atoms with Crippen LogP contribution in [0.2, 0.25) is 0 Å². The first-order valence-electron chi connectivity index (χ1n) is 6.05. The molecule has 88 valence electrons. The highest BCUT2D eigenvalue weighted by molar-refractivity contribution is 5.73. The highest BCUT2D eigenvalue weighted by Gasteiger charge is 2.31. The van der Waals surface area contributed by atoms with Gasteiger partial charge in [0.25, 0.3) is 0 Å². The van der Waals surface area contributed by atoms with Gasteiger partial charge in [-0.2, -0.15) is 0 Å². The molecule has 0 spiro atoms. The van der Waals surface area contributed by atoms with Gasteiger partial charge in [-0.15, -0.1) is 0 Å². The molecule has 0 radical (unpaired) electrons. The molecule has 1 rings (SSSR count). The predicted molar refractivity (Wildman–Crippen MR) is 60.6 cm³/mol. The van der Waals surface area contributed by atoms with Crippen LogP contribution in [-0.4, -0.2) is 25.2 Å². The van der Waals surface area contributed by atoms with Gasteiger partial charge in [0.05, 0.1) is 12.5 Å². The van der Waals surface area contributed by atoms with Gasteiger partial charge in [0.15, 0.2) is 0 Å². The zero-order chi connectivity index (χ0) is 11.3. The fourth-order valence-corrected chi connectivity index (χ4v) is 2.24. The second kappa shape index (κ2) is 6.11. The summed E-state index contributed by atoms with van der Waals surface area (Å²) in [6.07, 6.45) is 3.12. The van der Waals surface area contributed by atoms with Gasteiger partial charge >= 0.3 is 5.97 Å². The fraction of sp³-hybridized carbons (Fsp3) is 0.917. The van der Waals surface area contributed by atoms with Crippen LogP contribution in [0.4, 0.5) is 0 Å². The van der Waals surface area contributed by atoms with Crippen molar-refractivity contribution in [2.45, 2.75) is 46.1 Å². The molecule has 1 saturated heterocycles. The molecule has 15 heavy (non-hydrogen) atoms. The summed E-state index contributed by atoms with van der Waals surface area (Å²) >= 11 is 0. The van der Waals surface area contributed by atoms with Crippen LogP contribution in [0.25, 0.3) is 0 Å². The van der Waals surface area contributed by atoms with Crippen LogP contribution in [0.1, 0.15) is 40.0 Å². The van der Waals surface area contributed by atoms with Gasteiger partial charge in [0.1, 0.15) is 0 Å². The van der Waals surface area contributed by atoms with E-state index in [1.54, 1.807) is 0 Å². The van der Waals surface area contributed by atoms with Crippen molar-refractivity contribution >= 4 is 5.97 Å². The Morgan fingerprint density at radius 1 is 1.53 bits per heavy atom. The first-order chi connectivity index (χ1) is 7.15. The summed E-state index contributed by atoms with van der Waals surface area (Å²) in [7, 11) is 0. The van der Waals surface area contributed by atoms with Gasteiger partial charge in [-0.1, -0.05) is 13.8 Å². The van der Waals surface area contributed by atoms with Crippen LogP contribution in [-0.2, 0) is 9.53 Å². The van der Waals surface area contributed by atoms with E-state index in [2.05, 4.69) is 19.2 Å². The minimum absolute atomic E-state index is 0.0182. The highest BCUT2D eigenvalue weighted by Crippen LogP contribution is 2.23. The Morgan fingerprint density at radius 3 is 2.87 bits per heavy atom. The van der Waals surface area contributed by atoms with Crippen molar-refractivity contribution in [3.63, 3.8) is 0 Å². The summed E-state index contributed by atoms with van der Waals surface area (Å²) < 4.78 is 5.11. The lowest BCUT2D eigenvalue weighted by Crippen LogP contribution is -2.46. The largest absolute Gasteiger partial charge is 0.466 e. The number of rotatable bonds is 4. The van der Waals surface area contributed by atoms with Crippen LogP contribution >= 0.6 is 0 Å². The summed E-state index contributed by atoms with van der Waals surface area (Å²) in [4.78, 5) is 11.7. The average Bonchev–Trinajstić information content (AvgIpc) is 2.18. The molecule has 1 heterocycles. The normalized spacial score (nSPS) is 26.7. The van der Waals surface area contributed by atoms with Crippen LogP contribution in [0.5, 0.6) is 0 Å². The molecule has 0 amide bonds. The van der Waals surface area contributed by atoms with E-state index in [-0.39, 0.29) is 11.9 Å². The summed E-state index contributed by atoms with van der Waals surface area (Å²) in [5.74, 6) is 0.675. The summed E-state index contributed by atoms with van der Waals surface area (Å²) in [6.45, 7) is 7.78. The molecule has 2 unspecified atom stereocenters. The van der Waals surface area contributed by atoms with Gasteiger partial charge in [-0.25, -0.2) is 0 Å². The van der Waals surface area contributed by atoms with E-state index >= 15 is 0 Å². The number of hydrogen-bond donors (Lipinski definition) is 1. The van der Waals surface area contributed by atoms with Gasteiger partial charge < -0.3 is 10.1 Å². The standard InChI is InChI=1S/C12H23NO2/c1-4-15-12(14)10-6-5-7-13-11(10)8-9(2)3/h9-11,13H,4-8H2,1-3H3. The molecule has 1 N–H and O–H groups in total. The molecule has 3 heteroatoms. The molecule has 1 aliphatic heterocycles. The van der Waals surface area contributed by atoms with Gasteiger partial charge in [0, 0.05) is 6.04 Å². The SMILES string of the molecule is CCOC(=O)C1CCCNC1CC(C)C. The molecular formula is C12H23NO2. The Morgan fingerprint density at radius 2 is 2.27 bits per heavy atom. The third-order valence-corrected chi connectivity index (χ3v) is 2.90. The van der Waals surface area contributed by atoms with E-state index in [0.717, 1.165) is 25.8 Å². The molecule has 1 aliphatic rings. The monoisotopic (exact) mass is 213 g/mol. The van der Waals surface area contributed by atoms with E-state index in [4.69, 9.17) is 4.74 Å². The van der Waals surface area contributed by atoms with Crippen molar-refractivity contribution in [3.05, 3.63) is 0 Å². The topological polar surface area (TPSA) is 38.3 Å². The third kappa shape index (κ3) is 3.82. The van der Waals surface area contributed by atoms with Crippen molar-refractivity contribution in [2.75, 3.05) is 13.2 Å². The van der Waals surface area contributed by atoms with E-state index in [1.165, 1.54) is 0 Å². The second-order valence-electron chi connectivity index (χ2n) is 4.69. The Bertz CT molecular complexity index is 204. The number of esters is 1. The zero-order valence-corrected chi connectivity index (χ0v) is 10.1.